The van der Waals surface area contributed by atoms with Crippen molar-refractivity contribution in [1.29, 1.82) is 0 Å². The lowest BCUT2D eigenvalue weighted by Crippen LogP contribution is -2.39. The van der Waals surface area contributed by atoms with Crippen molar-refractivity contribution >= 4 is 15.9 Å². The second-order valence-electron chi connectivity index (χ2n) is 9.00. The van der Waals surface area contributed by atoms with Gasteiger partial charge in [-0.2, -0.15) is 4.31 Å². The minimum atomic E-state index is -3.55. The van der Waals surface area contributed by atoms with Crippen molar-refractivity contribution in [3.8, 4) is 0 Å². The lowest BCUT2D eigenvalue weighted by molar-refractivity contribution is -0.121. The normalized spacial score (nSPS) is 18.8. The fraction of sp³-hybridized carbons (Fsp3) is 0.565. The number of sulfonamides is 1. The van der Waals surface area contributed by atoms with Crippen LogP contribution in [0.25, 0.3) is 0 Å². The minimum absolute atomic E-state index is 0.0214. The van der Waals surface area contributed by atoms with Gasteiger partial charge < -0.3 is 9.88 Å². The molecule has 0 spiro atoms. The van der Waals surface area contributed by atoms with E-state index in [1.165, 1.54) is 28.0 Å². The summed E-state index contributed by atoms with van der Waals surface area (Å²) in [5, 5.41) is 3.03. The van der Waals surface area contributed by atoms with E-state index in [1.807, 2.05) is 0 Å². The van der Waals surface area contributed by atoms with Crippen LogP contribution in [0, 0.1) is 12.8 Å². The molecule has 2 saturated heterocycles. The summed E-state index contributed by atoms with van der Waals surface area (Å²) in [5.41, 5.74) is 2.62. The Labute approximate surface area is 190 Å². The highest BCUT2D eigenvalue weighted by atomic mass is 32.2. The summed E-state index contributed by atoms with van der Waals surface area (Å²) >= 11 is 0. The number of hydrogen-bond acceptors (Lipinski definition) is 5. The summed E-state index contributed by atoms with van der Waals surface area (Å²) in [6.45, 7) is 6.97. The maximum absolute atomic E-state index is 12.6. The van der Waals surface area contributed by atoms with Gasteiger partial charge in [-0.3, -0.25) is 9.69 Å². The molecule has 32 heavy (non-hydrogen) atoms. The predicted octanol–water partition coefficient (Wildman–Crippen LogP) is 2.00. The van der Waals surface area contributed by atoms with Crippen LogP contribution in [0.3, 0.4) is 0 Å². The van der Waals surface area contributed by atoms with Crippen LogP contribution >= 0.6 is 0 Å². The third-order valence-corrected chi connectivity index (χ3v) is 8.21. The zero-order chi connectivity index (χ0) is 22.6. The number of amides is 1. The average Bonchev–Trinajstić information content (AvgIpc) is 3.48. The second-order valence-corrected chi connectivity index (χ2v) is 10.9. The molecule has 0 saturated carbocycles. The number of imidazole rings is 1. The van der Waals surface area contributed by atoms with Crippen LogP contribution in [0.15, 0.2) is 41.8 Å². The largest absolute Gasteiger partial charge is 0.354 e. The molecule has 2 aliphatic rings. The molecule has 1 amide bonds. The monoisotopic (exact) mass is 459 g/mol. The summed E-state index contributed by atoms with van der Waals surface area (Å²) < 4.78 is 28.1. The summed E-state index contributed by atoms with van der Waals surface area (Å²) in [5.74, 6) is 0.358. The van der Waals surface area contributed by atoms with Gasteiger partial charge in [-0.05, 0) is 57.2 Å². The molecular weight excluding hydrogens is 426 g/mol. The number of nitrogens with zero attached hydrogens (tertiary/aromatic N) is 4. The molecule has 1 aromatic carbocycles. The molecule has 0 bridgehead atoms. The molecule has 2 aliphatic heterocycles. The van der Waals surface area contributed by atoms with E-state index < -0.39 is 10.0 Å². The van der Waals surface area contributed by atoms with Gasteiger partial charge in [0.1, 0.15) is 6.54 Å². The van der Waals surface area contributed by atoms with Crippen molar-refractivity contribution < 1.29 is 13.2 Å². The summed E-state index contributed by atoms with van der Waals surface area (Å²) in [6, 6.07) is 8.70. The highest BCUT2D eigenvalue weighted by Gasteiger charge is 2.29. The number of carbonyl (C=O) groups is 1. The second kappa shape index (κ2) is 10.1. The minimum Gasteiger partial charge on any atom is -0.354 e. The average molecular weight is 460 g/mol. The van der Waals surface area contributed by atoms with Crippen molar-refractivity contribution in [1.82, 2.24) is 24.1 Å². The number of carbonyl (C=O) groups excluding carboxylic acids is 1. The Hall–Kier alpha value is -2.23. The van der Waals surface area contributed by atoms with Crippen LogP contribution in [-0.2, 0) is 27.9 Å². The summed E-state index contributed by atoms with van der Waals surface area (Å²) in [4.78, 5) is 18.9. The number of likely N-dealkylation sites (tertiary alicyclic amines) is 1. The number of nitrogens with one attached hydrogen (secondary N) is 1. The Morgan fingerprint density at radius 1 is 1.09 bits per heavy atom. The Kier molecular flexibility index (Phi) is 7.27. The third kappa shape index (κ3) is 5.76. The van der Waals surface area contributed by atoms with Gasteiger partial charge in [-0.1, -0.05) is 29.8 Å². The van der Waals surface area contributed by atoms with E-state index in [2.05, 4.69) is 46.4 Å². The number of hydrogen-bond donors (Lipinski definition) is 1. The van der Waals surface area contributed by atoms with E-state index in [0.717, 1.165) is 45.3 Å². The van der Waals surface area contributed by atoms with Crippen LogP contribution in [-0.4, -0.2) is 65.8 Å². The highest BCUT2D eigenvalue weighted by molar-refractivity contribution is 7.89. The Bertz CT molecular complexity index is 1000. The van der Waals surface area contributed by atoms with Gasteiger partial charge in [0.05, 0.1) is 6.33 Å². The van der Waals surface area contributed by atoms with Crippen LogP contribution < -0.4 is 5.32 Å². The maximum Gasteiger partial charge on any atom is 0.262 e. The standard InChI is InChI=1S/C23H33N5O3S/c1-19-4-6-21(7-5-19)15-26-12-8-20(9-13-26)14-24-22(29)16-27-17-23(25-18-27)32(30,31)28-10-2-3-11-28/h4-7,17-18,20H,2-3,8-16H2,1H3,(H,24,29). The van der Waals surface area contributed by atoms with Crippen LogP contribution in [0.5, 0.6) is 0 Å². The molecule has 3 heterocycles. The molecule has 0 atom stereocenters. The first-order valence-corrected chi connectivity index (χ1v) is 12.9. The molecule has 1 N–H and O–H groups in total. The number of piperidine rings is 1. The van der Waals surface area contributed by atoms with Crippen molar-refractivity contribution in [3.63, 3.8) is 0 Å². The van der Waals surface area contributed by atoms with E-state index in [9.17, 15) is 13.2 Å². The molecule has 174 valence electrons. The molecule has 4 rings (SSSR count). The fourth-order valence-corrected chi connectivity index (χ4v) is 5.85. The molecule has 0 aliphatic carbocycles. The molecule has 0 radical (unpaired) electrons. The SMILES string of the molecule is Cc1ccc(CN2CCC(CNC(=O)Cn3cnc(S(=O)(=O)N4CCCC4)c3)CC2)cc1. The molecule has 9 heteroatoms. The van der Waals surface area contributed by atoms with Crippen LogP contribution in [0.1, 0.15) is 36.8 Å². The number of rotatable bonds is 8. The third-order valence-electron chi connectivity index (χ3n) is 6.43. The molecule has 2 aromatic rings. The Morgan fingerprint density at radius 2 is 1.78 bits per heavy atom. The molecule has 2 fully saturated rings. The van der Waals surface area contributed by atoms with E-state index >= 15 is 0 Å². The predicted molar refractivity (Wildman–Crippen MR) is 122 cm³/mol. The Morgan fingerprint density at radius 3 is 2.47 bits per heavy atom. The van der Waals surface area contributed by atoms with Gasteiger partial charge >= 0.3 is 0 Å². The first-order chi connectivity index (χ1) is 15.4. The van der Waals surface area contributed by atoms with Gasteiger partial charge in [0, 0.05) is 32.4 Å². The number of aryl methyl sites for hydroxylation is 1. The van der Waals surface area contributed by atoms with Crippen molar-refractivity contribution in [2.45, 2.75) is 50.7 Å². The molecular formula is C23H33N5O3S. The van der Waals surface area contributed by atoms with Gasteiger partial charge in [0.2, 0.25) is 5.91 Å². The number of benzene rings is 1. The highest BCUT2D eigenvalue weighted by Crippen LogP contribution is 2.20. The quantitative estimate of drug-likeness (QED) is 0.653. The molecule has 8 nitrogen and oxygen atoms in total. The van der Waals surface area contributed by atoms with Crippen molar-refractivity contribution in [3.05, 3.63) is 47.9 Å². The van der Waals surface area contributed by atoms with E-state index in [4.69, 9.17) is 0 Å². The topological polar surface area (TPSA) is 87.5 Å². The molecule has 0 unspecified atom stereocenters. The Balaban J connectivity index is 1.19. The summed E-state index contributed by atoms with van der Waals surface area (Å²) in [7, 11) is -3.55. The van der Waals surface area contributed by atoms with Gasteiger partial charge in [-0.25, -0.2) is 13.4 Å². The first kappa shape index (κ1) is 22.9. The van der Waals surface area contributed by atoms with Crippen molar-refractivity contribution in [2.24, 2.45) is 5.92 Å². The van der Waals surface area contributed by atoms with Crippen LogP contribution in [0.2, 0.25) is 0 Å². The van der Waals surface area contributed by atoms with Gasteiger partial charge in [-0.15, -0.1) is 0 Å². The molecule has 1 aromatic heterocycles. The number of aromatic nitrogens is 2. The van der Waals surface area contributed by atoms with E-state index in [1.54, 1.807) is 4.57 Å². The first-order valence-electron chi connectivity index (χ1n) is 11.5. The van der Waals surface area contributed by atoms with E-state index in [-0.39, 0.29) is 17.5 Å². The summed E-state index contributed by atoms with van der Waals surface area (Å²) in [6.07, 6.45) is 6.77. The van der Waals surface area contributed by atoms with Gasteiger partial charge in [0.15, 0.2) is 5.03 Å². The smallest absolute Gasteiger partial charge is 0.262 e. The fourth-order valence-electron chi connectivity index (χ4n) is 4.40. The maximum atomic E-state index is 12.6. The van der Waals surface area contributed by atoms with E-state index in [0.29, 0.717) is 25.6 Å². The zero-order valence-electron chi connectivity index (χ0n) is 18.7. The van der Waals surface area contributed by atoms with Crippen molar-refractivity contribution in [2.75, 3.05) is 32.7 Å². The zero-order valence-corrected chi connectivity index (χ0v) is 19.6. The lowest BCUT2D eigenvalue weighted by Gasteiger charge is -2.32. The van der Waals surface area contributed by atoms with Gasteiger partial charge in [0.25, 0.3) is 10.0 Å². The lowest BCUT2D eigenvalue weighted by atomic mass is 9.96. The van der Waals surface area contributed by atoms with Crippen LogP contribution in [0.4, 0.5) is 0 Å².